The molecular weight excluding hydrogens is 226 g/mol. The lowest BCUT2D eigenvalue weighted by Gasteiger charge is -2.11. The van der Waals surface area contributed by atoms with E-state index in [1.165, 1.54) is 0 Å². The van der Waals surface area contributed by atoms with Gasteiger partial charge in [0.05, 0.1) is 12.4 Å². The fourth-order valence-corrected chi connectivity index (χ4v) is 3.13. The summed E-state index contributed by atoms with van der Waals surface area (Å²) in [6.45, 7) is 1.12. The molecule has 0 bridgehead atoms. The summed E-state index contributed by atoms with van der Waals surface area (Å²) in [6, 6.07) is 9.10. The van der Waals surface area contributed by atoms with Crippen LogP contribution in [0, 0.1) is 0 Å². The molecule has 1 aliphatic rings. The molecular formula is C11H15NO3S. The predicted octanol–water partition coefficient (Wildman–Crippen LogP) is 0.895. The van der Waals surface area contributed by atoms with Gasteiger partial charge in [-0.25, -0.2) is 13.1 Å². The highest BCUT2D eigenvalue weighted by molar-refractivity contribution is 7.88. The van der Waals surface area contributed by atoms with E-state index in [0.717, 1.165) is 12.0 Å². The first kappa shape index (κ1) is 11.6. The highest BCUT2D eigenvalue weighted by Crippen LogP contribution is 2.08. The molecule has 0 spiro atoms. The van der Waals surface area contributed by atoms with Gasteiger partial charge in [0.25, 0.3) is 0 Å². The first-order chi connectivity index (χ1) is 7.66. The van der Waals surface area contributed by atoms with E-state index >= 15 is 0 Å². The van der Waals surface area contributed by atoms with Crippen LogP contribution >= 0.6 is 0 Å². The fraction of sp³-hybridized carbons (Fsp3) is 0.455. The minimum atomic E-state index is -3.25. The lowest BCUT2D eigenvalue weighted by atomic mass is 10.2. The van der Waals surface area contributed by atoms with Gasteiger partial charge < -0.3 is 4.74 Å². The van der Waals surface area contributed by atoms with E-state index in [2.05, 4.69) is 4.72 Å². The zero-order chi connectivity index (χ0) is 11.4. The topological polar surface area (TPSA) is 55.4 Å². The molecule has 1 heterocycles. The Morgan fingerprint density at radius 3 is 2.69 bits per heavy atom. The van der Waals surface area contributed by atoms with Crippen LogP contribution in [0.1, 0.15) is 12.0 Å². The maximum absolute atomic E-state index is 11.8. The fourth-order valence-electron chi connectivity index (χ4n) is 1.72. The molecule has 0 aliphatic carbocycles. The van der Waals surface area contributed by atoms with Crippen LogP contribution in [0.25, 0.3) is 0 Å². The quantitative estimate of drug-likeness (QED) is 0.852. The molecule has 5 heteroatoms. The second-order valence-electron chi connectivity index (χ2n) is 3.92. The Balaban J connectivity index is 1.97. The zero-order valence-electron chi connectivity index (χ0n) is 8.93. The van der Waals surface area contributed by atoms with Crippen LogP contribution < -0.4 is 4.72 Å². The Bertz CT molecular complexity index is 424. The molecule has 1 atom stereocenters. The minimum Gasteiger partial charge on any atom is -0.380 e. The number of rotatable bonds is 4. The smallest absolute Gasteiger partial charge is 0.216 e. The van der Waals surface area contributed by atoms with E-state index in [1.807, 2.05) is 30.3 Å². The average Bonchev–Trinajstić information content (AvgIpc) is 2.70. The van der Waals surface area contributed by atoms with Crippen molar-refractivity contribution in [3.05, 3.63) is 35.9 Å². The molecule has 1 N–H and O–H groups in total. The zero-order valence-corrected chi connectivity index (χ0v) is 9.74. The lowest BCUT2D eigenvalue weighted by Crippen LogP contribution is -2.35. The van der Waals surface area contributed by atoms with Crippen LogP contribution in [0.4, 0.5) is 0 Å². The van der Waals surface area contributed by atoms with Crippen molar-refractivity contribution in [1.29, 1.82) is 0 Å². The van der Waals surface area contributed by atoms with Gasteiger partial charge in [0.15, 0.2) is 0 Å². The van der Waals surface area contributed by atoms with Crippen molar-refractivity contribution < 1.29 is 13.2 Å². The van der Waals surface area contributed by atoms with Crippen molar-refractivity contribution in [3.63, 3.8) is 0 Å². The van der Waals surface area contributed by atoms with Crippen molar-refractivity contribution in [3.8, 4) is 0 Å². The van der Waals surface area contributed by atoms with Crippen molar-refractivity contribution in [2.75, 3.05) is 13.2 Å². The normalized spacial score (nSPS) is 21.1. The second kappa shape index (κ2) is 4.95. The van der Waals surface area contributed by atoms with Gasteiger partial charge in [-0.2, -0.15) is 0 Å². The summed E-state index contributed by atoms with van der Waals surface area (Å²) in [6.07, 6.45) is 0.758. The molecule has 0 radical (unpaired) electrons. The third kappa shape index (κ3) is 3.30. The molecule has 0 aromatic heterocycles. The van der Waals surface area contributed by atoms with Gasteiger partial charge >= 0.3 is 0 Å². The Kier molecular flexibility index (Phi) is 3.58. The third-order valence-electron chi connectivity index (χ3n) is 2.48. The van der Waals surface area contributed by atoms with E-state index < -0.39 is 10.0 Å². The number of nitrogens with one attached hydrogen (secondary N) is 1. The molecule has 1 fully saturated rings. The standard InChI is InChI=1S/C11H15NO3S/c13-16(14,12-11-6-7-15-8-11)9-10-4-2-1-3-5-10/h1-5,11-12H,6-9H2. The third-order valence-corrected chi connectivity index (χ3v) is 3.88. The lowest BCUT2D eigenvalue weighted by molar-refractivity contribution is 0.192. The summed E-state index contributed by atoms with van der Waals surface area (Å²) >= 11 is 0. The first-order valence-electron chi connectivity index (χ1n) is 5.27. The molecule has 4 nitrogen and oxygen atoms in total. The van der Waals surface area contributed by atoms with Crippen LogP contribution in [-0.4, -0.2) is 27.7 Å². The average molecular weight is 241 g/mol. The predicted molar refractivity (Wildman–Crippen MR) is 61.4 cm³/mol. The molecule has 0 saturated carbocycles. The second-order valence-corrected chi connectivity index (χ2v) is 5.68. The van der Waals surface area contributed by atoms with Gasteiger partial charge in [0, 0.05) is 12.6 Å². The van der Waals surface area contributed by atoms with Crippen LogP contribution in [0.2, 0.25) is 0 Å². The largest absolute Gasteiger partial charge is 0.380 e. The molecule has 1 saturated heterocycles. The van der Waals surface area contributed by atoms with Gasteiger partial charge in [-0.3, -0.25) is 0 Å². The highest BCUT2D eigenvalue weighted by Gasteiger charge is 2.21. The Labute approximate surface area is 95.7 Å². The van der Waals surface area contributed by atoms with E-state index in [4.69, 9.17) is 4.74 Å². The monoisotopic (exact) mass is 241 g/mol. The van der Waals surface area contributed by atoms with Gasteiger partial charge in [0.2, 0.25) is 10.0 Å². The van der Waals surface area contributed by atoms with Crippen molar-refractivity contribution in [1.82, 2.24) is 4.72 Å². The van der Waals surface area contributed by atoms with E-state index in [-0.39, 0.29) is 11.8 Å². The highest BCUT2D eigenvalue weighted by atomic mass is 32.2. The summed E-state index contributed by atoms with van der Waals surface area (Å²) in [5, 5.41) is 0. The van der Waals surface area contributed by atoms with Crippen LogP contribution in [-0.2, 0) is 20.5 Å². The molecule has 16 heavy (non-hydrogen) atoms. The number of benzene rings is 1. The summed E-state index contributed by atoms with van der Waals surface area (Å²) < 4.78 is 31.4. The number of sulfonamides is 1. The number of ether oxygens (including phenoxy) is 1. The molecule has 2 rings (SSSR count). The number of hydrogen-bond donors (Lipinski definition) is 1. The van der Waals surface area contributed by atoms with E-state index in [9.17, 15) is 8.42 Å². The van der Waals surface area contributed by atoms with Crippen LogP contribution in [0.5, 0.6) is 0 Å². The van der Waals surface area contributed by atoms with Gasteiger partial charge in [0.1, 0.15) is 0 Å². The molecule has 1 aromatic rings. The molecule has 0 amide bonds. The maximum Gasteiger partial charge on any atom is 0.216 e. The van der Waals surface area contributed by atoms with E-state index in [1.54, 1.807) is 0 Å². The van der Waals surface area contributed by atoms with Crippen molar-refractivity contribution in [2.45, 2.75) is 18.2 Å². The summed E-state index contributed by atoms with van der Waals surface area (Å²) in [5.41, 5.74) is 0.800. The maximum atomic E-state index is 11.8. The molecule has 1 unspecified atom stereocenters. The summed E-state index contributed by atoms with van der Waals surface area (Å²) in [5.74, 6) is 0.0321. The van der Waals surface area contributed by atoms with Gasteiger partial charge in [-0.05, 0) is 12.0 Å². The Hall–Kier alpha value is -0.910. The SMILES string of the molecule is O=S(=O)(Cc1ccccc1)NC1CCOC1. The molecule has 88 valence electrons. The Morgan fingerprint density at radius 1 is 1.31 bits per heavy atom. The summed E-state index contributed by atoms with van der Waals surface area (Å²) in [7, 11) is -3.25. The summed E-state index contributed by atoms with van der Waals surface area (Å²) in [4.78, 5) is 0. The number of hydrogen-bond acceptors (Lipinski definition) is 3. The van der Waals surface area contributed by atoms with E-state index in [0.29, 0.717) is 13.2 Å². The Morgan fingerprint density at radius 2 is 2.06 bits per heavy atom. The van der Waals surface area contributed by atoms with Crippen LogP contribution in [0.3, 0.4) is 0 Å². The van der Waals surface area contributed by atoms with Crippen molar-refractivity contribution >= 4 is 10.0 Å². The first-order valence-corrected chi connectivity index (χ1v) is 6.93. The molecule has 1 aliphatic heterocycles. The van der Waals surface area contributed by atoms with Gasteiger partial charge in [-0.15, -0.1) is 0 Å². The van der Waals surface area contributed by atoms with Crippen molar-refractivity contribution in [2.24, 2.45) is 0 Å². The minimum absolute atomic E-state index is 0.0321. The van der Waals surface area contributed by atoms with Gasteiger partial charge in [-0.1, -0.05) is 30.3 Å². The molecule has 1 aromatic carbocycles. The van der Waals surface area contributed by atoms with Crippen LogP contribution in [0.15, 0.2) is 30.3 Å².